The van der Waals surface area contributed by atoms with Crippen molar-refractivity contribution >= 4 is 21.7 Å². The van der Waals surface area contributed by atoms with Gasteiger partial charge in [-0.25, -0.2) is 22.5 Å². The number of hydrogen-bond donors (Lipinski definition) is 2. The molecule has 0 amide bonds. The fraction of sp³-hybridized carbons (Fsp3) is 0. The first-order valence-electron chi connectivity index (χ1n) is 4.71. The van der Waals surface area contributed by atoms with E-state index >= 15 is 0 Å². The quantitative estimate of drug-likeness (QED) is 0.780. The third-order valence-corrected chi connectivity index (χ3v) is 3.39. The molecule has 1 heterocycles. The highest BCUT2D eigenvalue weighted by molar-refractivity contribution is 7.92. The zero-order chi connectivity index (χ0) is 13.2. The van der Waals surface area contributed by atoms with Crippen molar-refractivity contribution < 1.29 is 12.8 Å². The molecule has 94 valence electrons. The minimum atomic E-state index is -4.19. The van der Waals surface area contributed by atoms with E-state index in [1.165, 1.54) is 24.5 Å². The molecule has 0 spiro atoms. The largest absolute Gasteiger partial charge is 0.398 e. The van der Waals surface area contributed by atoms with E-state index in [1.807, 2.05) is 4.72 Å². The maximum Gasteiger partial charge on any atom is 0.269 e. The first-order valence-corrected chi connectivity index (χ1v) is 6.19. The van der Waals surface area contributed by atoms with Crippen molar-refractivity contribution in [1.29, 1.82) is 0 Å². The van der Waals surface area contributed by atoms with Crippen LogP contribution >= 0.6 is 0 Å². The molecule has 1 aromatic heterocycles. The topological polar surface area (TPSA) is 111 Å². The Labute approximate surface area is 102 Å². The predicted molar refractivity (Wildman–Crippen MR) is 61.4 cm³/mol. The summed E-state index contributed by atoms with van der Waals surface area (Å²) in [6, 6.07) is 3.58. The van der Waals surface area contributed by atoms with E-state index in [1.54, 1.807) is 0 Å². The number of anilines is 2. The minimum Gasteiger partial charge on any atom is -0.398 e. The summed E-state index contributed by atoms with van der Waals surface area (Å²) in [6.45, 7) is 0. The van der Waals surface area contributed by atoms with Gasteiger partial charge in [-0.2, -0.15) is 5.10 Å². The molecule has 0 bridgehead atoms. The standard InChI is InChI=1S/C9H8FN5O2S/c10-6-2-1-3-7(11)8(6)18(16,17)15-9-12-4-5-13-14-9/h1-5H,11H2,(H,12,14,15). The van der Waals surface area contributed by atoms with E-state index in [2.05, 4.69) is 15.2 Å². The molecule has 2 aromatic rings. The smallest absolute Gasteiger partial charge is 0.269 e. The van der Waals surface area contributed by atoms with Gasteiger partial charge in [0.15, 0.2) is 0 Å². The Morgan fingerprint density at radius 2 is 2.06 bits per heavy atom. The monoisotopic (exact) mass is 269 g/mol. The average molecular weight is 269 g/mol. The van der Waals surface area contributed by atoms with Gasteiger partial charge in [-0.05, 0) is 12.1 Å². The highest BCUT2D eigenvalue weighted by Crippen LogP contribution is 2.22. The molecule has 3 N–H and O–H groups in total. The number of halogens is 1. The summed E-state index contributed by atoms with van der Waals surface area (Å²) in [5, 5.41) is 6.88. The zero-order valence-corrected chi connectivity index (χ0v) is 9.72. The third-order valence-electron chi connectivity index (χ3n) is 1.97. The number of benzene rings is 1. The van der Waals surface area contributed by atoms with Crippen LogP contribution in [0.1, 0.15) is 0 Å². The van der Waals surface area contributed by atoms with Gasteiger partial charge in [0.25, 0.3) is 16.0 Å². The van der Waals surface area contributed by atoms with Crippen LogP contribution in [0, 0.1) is 5.82 Å². The van der Waals surface area contributed by atoms with E-state index in [9.17, 15) is 12.8 Å². The normalized spacial score (nSPS) is 11.2. The molecular weight excluding hydrogens is 261 g/mol. The maximum atomic E-state index is 13.5. The number of nitrogens with zero attached hydrogens (tertiary/aromatic N) is 3. The maximum absolute atomic E-state index is 13.5. The van der Waals surface area contributed by atoms with E-state index in [0.29, 0.717) is 0 Å². The zero-order valence-electron chi connectivity index (χ0n) is 8.91. The summed E-state index contributed by atoms with van der Waals surface area (Å²) in [6.07, 6.45) is 2.52. The number of sulfonamides is 1. The molecule has 0 radical (unpaired) electrons. The van der Waals surface area contributed by atoms with Gasteiger partial charge in [0.05, 0.1) is 18.1 Å². The lowest BCUT2D eigenvalue weighted by molar-refractivity contribution is 0.571. The molecule has 0 aliphatic carbocycles. The molecule has 1 aromatic carbocycles. The second-order valence-electron chi connectivity index (χ2n) is 3.23. The number of rotatable bonds is 3. The summed E-state index contributed by atoms with van der Waals surface area (Å²) in [7, 11) is -4.19. The molecule has 0 aliphatic heterocycles. The molecule has 2 rings (SSSR count). The number of nitrogen functional groups attached to an aromatic ring is 1. The van der Waals surface area contributed by atoms with Crippen molar-refractivity contribution in [3.8, 4) is 0 Å². The van der Waals surface area contributed by atoms with Crippen LogP contribution in [0.25, 0.3) is 0 Å². The minimum absolute atomic E-state index is 0.202. The molecule has 0 saturated heterocycles. The van der Waals surface area contributed by atoms with Crippen molar-refractivity contribution in [2.24, 2.45) is 0 Å². The second-order valence-corrected chi connectivity index (χ2v) is 4.85. The Hall–Kier alpha value is -2.29. The van der Waals surface area contributed by atoms with Crippen molar-refractivity contribution in [1.82, 2.24) is 15.2 Å². The lowest BCUT2D eigenvalue weighted by atomic mass is 10.3. The summed E-state index contributed by atoms with van der Waals surface area (Å²) >= 11 is 0. The van der Waals surface area contributed by atoms with Gasteiger partial charge in [0.1, 0.15) is 10.7 Å². The van der Waals surface area contributed by atoms with Gasteiger partial charge >= 0.3 is 0 Å². The number of hydrogen-bond acceptors (Lipinski definition) is 6. The summed E-state index contributed by atoms with van der Waals surface area (Å²) in [5.41, 5.74) is 5.24. The van der Waals surface area contributed by atoms with Crippen LogP contribution in [0.2, 0.25) is 0 Å². The Morgan fingerprint density at radius 1 is 1.28 bits per heavy atom. The molecule has 7 nitrogen and oxygen atoms in total. The van der Waals surface area contributed by atoms with Gasteiger partial charge in [-0.15, -0.1) is 5.10 Å². The summed E-state index contributed by atoms with van der Waals surface area (Å²) in [5.74, 6) is -1.22. The molecule has 0 fully saturated rings. The van der Waals surface area contributed by atoms with Crippen LogP contribution in [-0.4, -0.2) is 23.6 Å². The summed E-state index contributed by atoms with van der Waals surface area (Å²) < 4.78 is 39.3. The molecule has 9 heteroatoms. The van der Waals surface area contributed by atoms with Crippen LogP contribution in [0.3, 0.4) is 0 Å². The van der Waals surface area contributed by atoms with Crippen LogP contribution in [0.15, 0.2) is 35.5 Å². The van der Waals surface area contributed by atoms with Crippen molar-refractivity contribution in [2.45, 2.75) is 4.90 Å². The molecular formula is C9H8FN5O2S. The lowest BCUT2D eigenvalue weighted by Crippen LogP contribution is -2.18. The van der Waals surface area contributed by atoms with Crippen LogP contribution in [0.4, 0.5) is 16.0 Å². The highest BCUT2D eigenvalue weighted by Gasteiger charge is 2.23. The van der Waals surface area contributed by atoms with Crippen LogP contribution in [-0.2, 0) is 10.0 Å². The molecule has 0 aliphatic rings. The Kier molecular flexibility index (Phi) is 3.06. The number of nitrogens with two attached hydrogens (primary N) is 1. The fourth-order valence-corrected chi connectivity index (χ4v) is 2.41. The Balaban J connectivity index is 2.44. The van der Waals surface area contributed by atoms with E-state index in [4.69, 9.17) is 5.73 Å². The van der Waals surface area contributed by atoms with Crippen molar-refractivity contribution in [2.75, 3.05) is 10.5 Å². The first kappa shape index (κ1) is 12.2. The molecule has 0 saturated carbocycles. The van der Waals surface area contributed by atoms with E-state index in [0.717, 1.165) is 6.07 Å². The van der Waals surface area contributed by atoms with Gasteiger partial charge in [-0.1, -0.05) is 6.07 Å². The average Bonchev–Trinajstić information content (AvgIpc) is 2.28. The van der Waals surface area contributed by atoms with Crippen molar-refractivity contribution in [3.05, 3.63) is 36.4 Å². The number of nitrogens with one attached hydrogen (secondary N) is 1. The third kappa shape index (κ3) is 2.35. The van der Waals surface area contributed by atoms with Gasteiger partial charge < -0.3 is 5.73 Å². The predicted octanol–water partition coefficient (Wildman–Crippen LogP) is 0.394. The first-order chi connectivity index (χ1) is 8.50. The SMILES string of the molecule is Nc1cccc(F)c1S(=O)(=O)Nc1nccnn1. The van der Waals surface area contributed by atoms with Gasteiger partial charge in [0.2, 0.25) is 0 Å². The van der Waals surface area contributed by atoms with E-state index < -0.39 is 20.7 Å². The highest BCUT2D eigenvalue weighted by atomic mass is 32.2. The van der Waals surface area contributed by atoms with Crippen LogP contribution < -0.4 is 10.5 Å². The Morgan fingerprint density at radius 3 is 2.67 bits per heavy atom. The van der Waals surface area contributed by atoms with E-state index in [-0.39, 0.29) is 11.6 Å². The Bertz CT molecular complexity index is 642. The van der Waals surface area contributed by atoms with Crippen molar-refractivity contribution in [3.63, 3.8) is 0 Å². The fourth-order valence-electron chi connectivity index (χ4n) is 1.27. The second kappa shape index (κ2) is 4.53. The van der Waals surface area contributed by atoms with Crippen LogP contribution in [0.5, 0.6) is 0 Å². The molecule has 0 atom stereocenters. The molecule has 0 unspecified atom stereocenters. The van der Waals surface area contributed by atoms with Gasteiger partial charge in [0, 0.05) is 0 Å². The summed E-state index contributed by atoms with van der Waals surface area (Å²) in [4.78, 5) is 2.98. The molecule has 18 heavy (non-hydrogen) atoms. The lowest BCUT2D eigenvalue weighted by Gasteiger charge is -2.08. The number of aromatic nitrogens is 3. The van der Waals surface area contributed by atoms with Gasteiger partial charge in [-0.3, -0.25) is 0 Å².